The summed E-state index contributed by atoms with van der Waals surface area (Å²) in [4.78, 5) is 2.35. The highest BCUT2D eigenvalue weighted by Crippen LogP contribution is 2.46. The number of nitrogens with zero attached hydrogens (tertiary/aromatic N) is 1. The molecule has 0 radical (unpaired) electrons. The van der Waals surface area contributed by atoms with Gasteiger partial charge in [0.1, 0.15) is 5.58 Å². The van der Waals surface area contributed by atoms with Crippen LogP contribution in [0.25, 0.3) is 54.3 Å². The zero-order chi connectivity index (χ0) is 24.5. The summed E-state index contributed by atoms with van der Waals surface area (Å²) in [6.45, 7) is 2.20. The SMILES string of the molecule is Cc1ccc2ccc3c(N(c4ccccc4)c4cccc5c4oc4ccccc45)ccc4ccc1c2c43. The molecule has 0 amide bonds. The molecule has 0 saturated heterocycles. The van der Waals surface area contributed by atoms with Crippen LogP contribution in [-0.2, 0) is 0 Å². The van der Waals surface area contributed by atoms with Crippen LogP contribution in [0.1, 0.15) is 5.56 Å². The van der Waals surface area contributed by atoms with Gasteiger partial charge in [-0.2, -0.15) is 0 Å². The van der Waals surface area contributed by atoms with E-state index < -0.39 is 0 Å². The van der Waals surface area contributed by atoms with Crippen LogP contribution in [0.5, 0.6) is 0 Å². The van der Waals surface area contributed by atoms with Gasteiger partial charge in [-0.05, 0) is 69.8 Å². The predicted molar refractivity (Wildman–Crippen MR) is 157 cm³/mol. The van der Waals surface area contributed by atoms with Crippen LogP contribution in [0, 0.1) is 6.92 Å². The van der Waals surface area contributed by atoms with E-state index in [1.54, 1.807) is 0 Å². The monoisotopic (exact) mass is 473 g/mol. The fourth-order valence-corrected chi connectivity index (χ4v) is 6.02. The minimum absolute atomic E-state index is 0.897. The number of para-hydroxylation sites is 3. The Balaban J connectivity index is 1.50. The van der Waals surface area contributed by atoms with Crippen molar-refractivity contribution < 1.29 is 4.42 Å². The number of hydrogen-bond acceptors (Lipinski definition) is 2. The van der Waals surface area contributed by atoms with Gasteiger partial charge in [-0.3, -0.25) is 0 Å². The zero-order valence-corrected chi connectivity index (χ0v) is 20.4. The molecule has 0 unspecified atom stereocenters. The number of fused-ring (bicyclic) bond motifs is 3. The second-order valence-corrected chi connectivity index (χ2v) is 9.81. The van der Waals surface area contributed by atoms with Gasteiger partial charge in [0, 0.05) is 21.8 Å². The van der Waals surface area contributed by atoms with E-state index >= 15 is 0 Å². The number of anilines is 3. The van der Waals surface area contributed by atoms with Crippen LogP contribution in [0.4, 0.5) is 17.1 Å². The molecule has 0 aliphatic heterocycles. The Kier molecular flexibility index (Phi) is 4.18. The Bertz CT molecular complexity index is 2100. The molecule has 0 N–H and O–H groups in total. The molecule has 0 atom stereocenters. The third-order valence-electron chi connectivity index (χ3n) is 7.74. The Morgan fingerprint density at radius 1 is 0.486 bits per heavy atom. The average Bonchev–Trinajstić information content (AvgIpc) is 3.34. The smallest absolute Gasteiger partial charge is 0.159 e. The molecule has 0 saturated carbocycles. The first-order valence-corrected chi connectivity index (χ1v) is 12.7. The van der Waals surface area contributed by atoms with Crippen molar-refractivity contribution in [2.45, 2.75) is 6.92 Å². The summed E-state index contributed by atoms with van der Waals surface area (Å²) < 4.78 is 6.51. The van der Waals surface area contributed by atoms with Crippen LogP contribution < -0.4 is 4.90 Å². The molecule has 0 aliphatic rings. The van der Waals surface area contributed by atoms with Crippen molar-refractivity contribution in [3.8, 4) is 0 Å². The summed E-state index contributed by atoms with van der Waals surface area (Å²) in [5, 5.41) is 10.0. The van der Waals surface area contributed by atoms with Gasteiger partial charge in [0.15, 0.2) is 5.58 Å². The van der Waals surface area contributed by atoms with Gasteiger partial charge in [0.05, 0.1) is 11.4 Å². The molecule has 37 heavy (non-hydrogen) atoms. The number of hydrogen-bond donors (Lipinski definition) is 0. The van der Waals surface area contributed by atoms with Crippen LogP contribution in [0.3, 0.4) is 0 Å². The van der Waals surface area contributed by atoms with E-state index in [-0.39, 0.29) is 0 Å². The number of rotatable bonds is 3. The summed E-state index contributed by atoms with van der Waals surface area (Å²) >= 11 is 0. The summed E-state index contributed by atoms with van der Waals surface area (Å²) in [6.07, 6.45) is 0. The lowest BCUT2D eigenvalue weighted by atomic mass is 9.91. The van der Waals surface area contributed by atoms with Crippen LogP contribution in [0.15, 0.2) is 126 Å². The highest BCUT2D eigenvalue weighted by atomic mass is 16.3. The molecule has 1 aromatic heterocycles. The molecule has 1 heterocycles. The third-order valence-corrected chi connectivity index (χ3v) is 7.74. The van der Waals surface area contributed by atoms with Crippen molar-refractivity contribution in [1.82, 2.24) is 0 Å². The number of furan rings is 1. The van der Waals surface area contributed by atoms with Crippen molar-refractivity contribution in [1.29, 1.82) is 0 Å². The molecular weight excluding hydrogens is 450 g/mol. The van der Waals surface area contributed by atoms with E-state index in [4.69, 9.17) is 4.42 Å². The fourth-order valence-electron chi connectivity index (χ4n) is 6.02. The van der Waals surface area contributed by atoms with Gasteiger partial charge in [0.25, 0.3) is 0 Å². The van der Waals surface area contributed by atoms with Gasteiger partial charge in [0.2, 0.25) is 0 Å². The van der Waals surface area contributed by atoms with Crippen molar-refractivity contribution in [3.63, 3.8) is 0 Å². The van der Waals surface area contributed by atoms with Gasteiger partial charge in [-0.1, -0.05) is 91.0 Å². The van der Waals surface area contributed by atoms with E-state index in [1.165, 1.54) is 37.9 Å². The topological polar surface area (TPSA) is 16.4 Å². The molecule has 2 heteroatoms. The summed E-state index contributed by atoms with van der Waals surface area (Å²) in [5.41, 5.74) is 6.38. The molecular formula is C35H23NO. The van der Waals surface area contributed by atoms with Crippen LogP contribution in [0.2, 0.25) is 0 Å². The molecule has 8 aromatic rings. The Morgan fingerprint density at radius 2 is 1.16 bits per heavy atom. The summed E-state index contributed by atoms with van der Waals surface area (Å²) in [5.74, 6) is 0. The highest BCUT2D eigenvalue weighted by molar-refractivity contribution is 6.26. The van der Waals surface area contributed by atoms with Gasteiger partial charge >= 0.3 is 0 Å². The Labute approximate surface area is 214 Å². The van der Waals surface area contributed by atoms with Crippen LogP contribution >= 0.6 is 0 Å². The minimum Gasteiger partial charge on any atom is -0.454 e. The maximum absolute atomic E-state index is 6.51. The second kappa shape index (κ2) is 7.59. The lowest BCUT2D eigenvalue weighted by Gasteiger charge is -2.27. The van der Waals surface area contributed by atoms with E-state index in [0.29, 0.717) is 0 Å². The molecule has 174 valence electrons. The molecule has 2 nitrogen and oxygen atoms in total. The molecule has 0 spiro atoms. The van der Waals surface area contributed by atoms with Crippen molar-refractivity contribution in [2.75, 3.05) is 4.90 Å². The first-order valence-electron chi connectivity index (χ1n) is 12.7. The normalized spacial score (nSPS) is 11.9. The molecule has 7 aromatic carbocycles. The maximum atomic E-state index is 6.51. The maximum Gasteiger partial charge on any atom is 0.159 e. The average molecular weight is 474 g/mol. The van der Waals surface area contributed by atoms with Crippen LogP contribution in [-0.4, -0.2) is 0 Å². The molecule has 0 fully saturated rings. The Hall–Kier alpha value is -4.82. The molecule has 8 rings (SSSR count). The standard InChI is InChI=1S/C35H23NO/c1-22-14-15-23-17-20-29-30(21-18-24-16-19-26(22)33(23)34(24)29)36(25-8-3-2-4-9-25)31-12-7-11-28-27-10-5-6-13-32(27)37-35(28)31/h2-21H,1H3. The Morgan fingerprint density at radius 3 is 2.03 bits per heavy atom. The van der Waals surface area contributed by atoms with E-state index in [0.717, 1.165) is 39.0 Å². The van der Waals surface area contributed by atoms with E-state index in [9.17, 15) is 0 Å². The first kappa shape index (κ1) is 20.4. The van der Waals surface area contributed by atoms with Gasteiger partial charge in [-0.25, -0.2) is 0 Å². The van der Waals surface area contributed by atoms with Crippen molar-refractivity contribution in [2.24, 2.45) is 0 Å². The van der Waals surface area contributed by atoms with Crippen molar-refractivity contribution >= 4 is 71.3 Å². The summed E-state index contributed by atoms with van der Waals surface area (Å²) in [6, 6.07) is 43.4. The molecule has 0 aliphatic carbocycles. The highest BCUT2D eigenvalue weighted by Gasteiger charge is 2.22. The lowest BCUT2D eigenvalue weighted by molar-refractivity contribution is 0.669. The van der Waals surface area contributed by atoms with E-state index in [1.807, 2.05) is 12.1 Å². The fraction of sp³-hybridized carbons (Fsp3) is 0.0286. The zero-order valence-electron chi connectivity index (χ0n) is 20.4. The lowest BCUT2D eigenvalue weighted by Crippen LogP contribution is -2.10. The third kappa shape index (κ3) is 2.87. The summed E-state index contributed by atoms with van der Waals surface area (Å²) in [7, 11) is 0. The quantitative estimate of drug-likeness (QED) is 0.237. The predicted octanol–water partition coefficient (Wildman–Crippen LogP) is 10.3. The number of benzene rings is 7. The van der Waals surface area contributed by atoms with Gasteiger partial charge < -0.3 is 9.32 Å². The second-order valence-electron chi connectivity index (χ2n) is 9.81. The van der Waals surface area contributed by atoms with E-state index in [2.05, 4.69) is 121 Å². The molecule has 0 bridgehead atoms. The minimum atomic E-state index is 0.897. The van der Waals surface area contributed by atoms with Gasteiger partial charge in [-0.15, -0.1) is 0 Å². The van der Waals surface area contributed by atoms with Crippen molar-refractivity contribution in [3.05, 3.63) is 127 Å². The number of aryl methyl sites for hydroxylation is 1. The first-order chi connectivity index (χ1) is 18.3. The largest absolute Gasteiger partial charge is 0.454 e.